The van der Waals surface area contributed by atoms with Crippen molar-refractivity contribution in [3.8, 4) is 0 Å². The van der Waals surface area contributed by atoms with E-state index in [2.05, 4.69) is 13.5 Å². The van der Waals surface area contributed by atoms with E-state index >= 15 is 0 Å². The van der Waals surface area contributed by atoms with Crippen LogP contribution in [-0.2, 0) is 0 Å². The maximum absolute atomic E-state index is 8.98. The van der Waals surface area contributed by atoms with Crippen molar-refractivity contribution < 1.29 is 5.11 Å². The molecule has 16 heavy (non-hydrogen) atoms. The van der Waals surface area contributed by atoms with Crippen LogP contribution >= 0.6 is 0 Å². The topological polar surface area (TPSA) is 20.2 Å². The van der Waals surface area contributed by atoms with E-state index in [9.17, 15) is 0 Å². The van der Waals surface area contributed by atoms with Gasteiger partial charge in [0.2, 0.25) is 0 Å². The second-order valence-corrected chi connectivity index (χ2v) is 4.80. The average molecular weight is 226 g/mol. The van der Waals surface area contributed by atoms with Gasteiger partial charge in [0.15, 0.2) is 0 Å². The Hall–Kier alpha value is -0.300. The third-order valence-electron chi connectivity index (χ3n) is 3.25. The molecule has 0 amide bonds. The lowest BCUT2D eigenvalue weighted by molar-refractivity contribution is 0.243. The maximum atomic E-state index is 8.98. The van der Waals surface area contributed by atoms with Gasteiger partial charge in [0, 0.05) is 6.61 Å². The van der Waals surface area contributed by atoms with Crippen molar-refractivity contribution in [1.29, 1.82) is 0 Å². The van der Waals surface area contributed by atoms with E-state index in [4.69, 9.17) is 5.11 Å². The summed E-state index contributed by atoms with van der Waals surface area (Å²) in [7, 11) is 0. The third-order valence-corrected chi connectivity index (χ3v) is 3.25. The quantitative estimate of drug-likeness (QED) is 0.378. The molecule has 0 aliphatic heterocycles. The zero-order valence-corrected chi connectivity index (χ0v) is 11.1. The molecule has 0 spiro atoms. The van der Waals surface area contributed by atoms with Crippen LogP contribution in [0.1, 0.15) is 71.1 Å². The molecule has 0 bridgehead atoms. The third kappa shape index (κ3) is 10.2. The molecule has 0 aliphatic rings. The van der Waals surface area contributed by atoms with Crippen LogP contribution in [-0.4, -0.2) is 11.7 Å². The Bertz CT molecular complexity index is 142. The van der Waals surface area contributed by atoms with Gasteiger partial charge >= 0.3 is 0 Å². The first kappa shape index (κ1) is 15.7. The monoisotopic (exact) mass is 226 g/mol. The van der Waals surface area contributed by atoms with E-state index in [0.717, 1.165) is 6.42 Å². The fourth-order valence-corrected chi connectivity index (χ4v) is 2.00. The molecule has 1 heteroatoms. The lowest BCUT2D eigenvalue weighted by Gasteiger charge is -2.07. The largest absolute Gasteiger partial charge is 0.396 e. The molecular weight excluding hydrogens is 196 g/mol. The Morgan fingerprint density at radius 1 is 0.938 bits per heavy atom. The number of aliphatic hydroxyl groups excluding tert-OH is 1. The molecule has 0 saturated heterocycles. The van der Waals surface area contributed by atoms with Crippen molar-refractivity contribution in [2.45, 2.75) is 71.1 Å². The van der Waals surface area contributed by atoms with Crippen molar-refractivity contribution in [3.05, 3.63) is 12.7 Å². The number of aliphatic hydroxyl groups is 1. The van der Waals surface area contributed by atoms with Crippen LogP contribution in [0, 0.1) is 5.92 Å². The summed E-state index contributed by atoms with van der Waals surface area (Å²) in [5.74, 6) is 0.324. The molecular formula is C15H30O. The van der Waals surface area contributed by atoms with Crippen molar-refractivity contribution in [2.24, 2.45) is 5.92 Å². The second kappa shape index (κ2) is 12.8. The number of hydrogen-bond acceptors (Lipinski definition) is 1. The van der Waals surface area contributed by atoms with E-state index in [1.54, 1.807) is 0 Å². The summed E-state index contributed by atoms with van der Waals surface area (Å²) >= 11 is 0. The molecule has 1 atom stereocenters. The lowest BCUT2D eigenvalue weighted by atomic mass is 10.0. The van der Waals surface area contributed by atoms with Crippen molar-refractivity contribution in [1.82, 2.24) is 0 Å². The summed E-state index contributed by atoms with van der Waals surface area (Å²) in [5.41, 5.74) is 0. The van der Waals surface area contributed by atoms with Crippen LogP contribution < -0.4 is 0 Å². The van der Waals surface area contributed by atoms with Crippen LogP contribution in [0.3, 0.4) is 0 Å². The molecule has 1 unspecified atom stereocenters. The Morgan fingerprint density at radius 2 is 1.44 bits per heavy atom. The van der Waals surface area contributed by atoms with Crippen LogP contribution in [0.25, 0.3) is 0 Å². The predicted octanol–water partition coefficient (Wildman–Crippen LogP) is 4.70. The molecule has 96 valence electrons. The minimum Gasteiger partial charge on any atom is -0.396 e. The minimum atomic E-state index is 0.264. The average Bonchev–Trinajstić information content (AvgIpc) is 2.32. The van der Waals surface area contributed by atoms with E-state index in [1.165, 1.54) is 57.8 Å². The molecule has 0 radical (unpaired) electrons. The normalized spacial score (nSPS) is 12.6. The zero-order valence-electron chi connectivity index (χ0n) is 11.1. The van der Waals surface area contributed by atoms with Gasteiger partial charge in [0.05, 0.1) is 0 Å². The van der Waals surface area contributed by atoms with Crippen LogP contribution in [0.4, 0.5) is 0 Å². The van der Waals surface area contributed by atoms with Gasteiger partial charge in [0.25, 0.3) is 0 Å². The fraction of sp³-hybridized carbons (Fsp3) is 0.867. The first-order valence-electron chi connectivity index (χ1n) is 7.08. The number of hydrogen-bond donors (Lipinski definition) is 1. The molecule has 0 rings (SSSR count). The molecule has 0 fully saturated rings. The van der Waals surface area contributed by atoms with Crippen molar-refractivity contribution in [3.63, 3.8) is 0 Å². The number of unbranched alkanes of at least 4 members (excludes halogenated alkanes) is 8. The molecule has 0 aromatic rings. The lowest BCUT2D eigenvalue weighted by Crippen LogP contribution is -2.01. The highest BCUT2D eigenvalue weighted by atomic mass is 16.3. The van der Waals surface area contributed by atoms with E-state index in [1.807, 2.05) is 6.08 Å². The van der Waals surface area contributed by atoms with Gasteiger partial charge in [-0.25, -0.2) is 0 Å². The van der Waals surface area contributed by atoms with Crippen LogP contribution in [0.5, 0.6) is 0 Å². The van der Waals surface area contributed by atoms with Crippen LogP contribution in [0.2, 0.25) is 0 Å². The van der Waals surface area contributed by atoms with Crippen molar-refractivity contribution in [2.75, 3.05) is 6.61 Å². The molecule has 0 aromatic heterocycles. The number of rotatable bonds is 12. The minimum absolute atomic E-state index is 0.264. The highest BCUT2D eigenvalue weighted by Gasteiger charge is 2.01. The molecule has 1 N–H and O–H groups in total. The van der Waals surface area contributed by atoms with Gasteiger partial charge in [0.1, 0.15) is 0 Å². The van der Waals surface area contributed by atoms with Gasteiger partial charge in [-0.15, -0.1) is 6.58 Å². The first-order valence-corrected chi connectivity index (χ1v) is 7.08. The Morgan fingerprint density at radius 3 is 1.88 bits per heavy atom. The van der Waals surface area contributed by atoms with E-state index < -0.39 is 0 Å². The molecule has 0 aromatic carbocycles. The predicted molar refractivity (Wildman–Crippen MR) is 72.6 cm³/mol. The standard InChI is InChI=1S/C15H30O/c1-3-5-6-7-8-9-10-11-12-13-15(4-2)14-16/h4,15-16H,2-3,5-14H2,1H3. The molecule has 1 nitrogen and oxygen atoms in total. The van der Waals surface area contributed by atoms with Gasteiger partial charge < -0.3 is 5.11 Å². The smallest absolute Gasteiger partial charge is 0.0493 e. The molecule has 0 heterocycles. The molecule has 0 aliphatic carbocycles. The fourth-order valence-electron chi connectivity index (χ4n) is 2.00. The van der Waals surface area contributed by atoms with Gasteiger partial charge in [-0.3, -0.25) is 0 Å². The van der Waals surface area contributed by atoms with E-state index in [-0.39, 0.29) is 6.61 Å². The summed E-state index contributed by atoms with van der Waals surface area (Å²) in [5, 5.41) is 8.98. The Labute approximate surface area is 102 Å². The maximum Gasteiger partial charge on any atom is 0.0493 e. The van der Waals surface area contributed by atoms with Crippen molar-refractivity contribution >= 4 is 0 Å². The first-order chi connectivity index (χ1) is 7.85. The second-order valence-electron chi connectivity index (χ2n) is 4.80. The summed E-state index contributed by atoms with van der Waals surface area (Å²) in [6.07, 6.45) is 15.3. The van der Waals surface area contributed by atoms with Crippen LogP contribution in [0.15, 0.2) is 12.7 Å². The van der Waals surface area contributed by atoms with Gasteiger partial charge in [-0.2, -0.15) is 0 Å². The summed E-state index contributed by atoms with van der Waals surface area (Å²) < 4.78 is 0. The Balaban J connectivity index is 3.06. The summed E-state index contributed by atoms with van der Waals surface area (Å²) in [6, 6.07) is 0. The van der Waals surface area contributed by atoms with Gasteiger partial charge in [-0.1, -0.05) is 70.8 Å². The molecule has 0 saturated carbocycles. The zero-order chi connectivity index (χ0) is 12.1. The highest BCUT2D eigenvalue weighted by molar-refractivity contribution is 4.77. The summed E-state index contributed by atoms with van der Waals surface area (Å²) in [4.78, 5) is 0. The Kier molecular flexibility index (Phi) is 12.5. The van der Waals surface area contributed by atoms with E-state index in [0.29, 0.717) is 5.92 Å². The summed E-state index contributed by atoms with van der Waals surface area (Å²) in [6.45, 7) is 6.25. The van der Waals surface area contributed by atoms with Gasteiger partial charge in [-0.05, 0) is 12.3 Å². The SMILES string of the molecule is C=CC(CO)CCCCCCCCCCC. The highest BCUT2D eigenvalue weighted by Crippen LogP contribution is 2.13.